The summed E-state index contributed by atoms with van der Waals surface area (Å²) >= 11 is 1.98. The van der Waals surface area contributed by atoms with E-state index in [-0.39, 0.29) is 15.6 Å². The van der Waals surface area contributed by atoms with E-state index in [9.17, 15) is 14.9 Å². The molecule has 0 amide bonds. The fourth-order valence-electron chi connectivity index (χ4n) is 1.44. The quantitative estimate of drug-likeness (QED) is 0.683. The topological polar surface area (TPSA) is 106 Å². The van der Waals surface area contributed by atoms with E-state index in [0.717, 1.165) is 23.1 Å². The van der Waals surface area contributed by atoms with E-state index in [4.69, 9.17) is 5.11 Å². The minimum atomic E-state index is -1.06. The van der Waals surface area contributed by atoms with Crippen LogP contribution in [-0.2, 0) is 0 Å². The zero-order chi connectivity index (χ0) is 14.9. The maximum Gasteiger partial charge on any atom is 0.347 e. The van der Waals surface area contributed by atoms with Crippen LogP contribution < -0.4 is 0 Å². The molecule has 0 spiro atoms. The minimum Gasteiger partial charge on any atom is -0.477 e. The van der Waals surface area contributed by atoms with Crippen molar-refractivity contribution in [2.45, 2.75) is 23.2 Å². The van der Waals surface area contributed by atoms with Gasteiger partial charge in [-0.3, -0.25) is 10.1 Å². The molecule has 0 aromatic carbocycles. The second-order valence-corrected chi connectivity index (χ2v) is 6.07. The predicted molar refractivity (Wildman–Crippen MR) is 73.6 cm³/mol. The highest BCUT2D eigenvalue weighted by Crippen LogP contribution is 2.36. The van der Waals surface area contributed by atoms with E-state index in [1.165, 1.54) is 6.07 Å². The molecule has 0 aliphatic carbocycles. The zero-order valence-corrected chi connectivity index (χ0v) is 12.1. The summed E-state index contributed by atoms with van der Waals surface area (Å²) in [5.41, 5.74) is 0.912. The van der Waals surface area contributed by atoms with Crippen molar-refractivity contribution < 1.29 is 14.8 Å². The van der Waals surface area contributed by atoms with Crippen LogP contribution in [0.5, 0.6) is 0 Å². The molecule has 20 heavy (non-hydrogen) atoms. The first-order valence-electron chi connectivity index (χ1n) is 5.39. The van der Waals surface area contributed by atoms with Gasteiger partial charge >= 0.3 is 11.7 Å². The fraction of sp³-hybridized carbons (Fsp3) is 0.182. The van der Waals surface area contributed by atoms with Gasteiger partial charge in [0.1, 0.15) is 4.88 Å². The van der Waals surface area contributed by atoms with Crippen molar-refractivity contribution >= 4 is 34.8 Å². The first-order valence-corrected chi connectivity index (χ1v) is 7.02. The molecular weight excluding hydrogens is 302 g/mol. The third-order valence-electron chi connectivity index (χ3n) is 2.33. The highest BCUT2D eigenvalue weighted by Gasteiger charge is 2.20. The number of hydrogen-bond acceptors (Lipinski definition) is 7. The van der Waals surface area contributed by atoms with E-state index in [2.05, 4.69) is 9.97 Å². The van der Waals surface area contributed by atoms with E-state index in [0.29, 0.717) is 15.7 Å². The molecule has 1 N–H and O–H groups in total. The summed E-state index contributed by atoms with van der Waals surface area (Å²) in [4.78, 5) is 29.7. The lowest BCUT2D eigenvalue weighted by Crippen LogP contribution is -1.94. The van der Waals surface area contributed by atoms with Crippen molar-refractivity contribution in [1.29, 1.82) is 0 Å². The molecule has 0 atom stereocenters. The highest BCUT2D eigenvalue weighted by molar-refractivity contribution is 8.01. The lowest BCUT2D eigenvalue weighted by atomic mass is 10.3. The van der Waals surface area contributed by atoms with Crippen LogP contribution in [0.1, 0.15) is 21.1 Å². The fourth-order valence-corrected chi connectivity index (χ4v) is 3.51. The maximum absolute atomic E-state index is 11.0. The number of aromatic nitrogens is 2. The van der Waals surface area contributed by atoms with Gasteiger partial charge in [-0.15, -0.1) is 0 Å². The Bertz CT molecular complexity index is 699. The average molecular weight is 311 g/mol. The summed E-state index contributed by atoms with van der Waals surface area (Å²) in [6, 6.07) is 2.93. The molecule has 0 unspecified atom stereocenters. The molecule has 2 aromatic heterocycles. The summed E-state index contributed by atoms with van der Waals surface area (Å²) in [6.07, 6.45) is 0. The summed E-state index contributed by atoms with van der Waals surface area (Å²) in [5, 5.41) is 20.1. The standard InChI is InChI=1S/C11H9N3O4S2/c1-5-3-4-7(14(17)18)9(12-5)20-11-13-6(2)8(19-11)10(15)16/h3-4H,1-2H3,(H,15,16). The molecule has 9 heteroatoms. The molecule has 7 nitrogen and oxygen atoms in total. The molecule has 0 fully saturated rings. The van der Waals surface area contributed by atoms with Gasteiger partial charge in [-0.25, -0.2) is 14.8 Å². The molecule has 0 saturated heterocycles. The smallest absolute Gasteiger partial charge is 0.347 e. The zero-order valence-electron chi connectivity index (χ0n) is 10.5. The molecule has 0 radical (unpaired) electrons. The Morgan fingerprint density at radius 3 is 2.65 bits per heavy atom. The number of nitrogens with zero attached hydrogens (tertiary/aromatic N) is 3. The first kappa shape index (κ1) is 14.4. The largest absolute Gasteiger partial charge is 0.477 e. The molecule has 2 rings (SSSR count). The lowest BCUT2D eigenvalue weighted by Gasteiger charge is -2.00. The Labute approximate surface area is 121 Å². The Balaban J connectivity index is 2.39. The molecule has 0 aliphatic rings. The molecular formula is C11H9N3O4S2. The third kappa shape index (κ3) is 2.94. The molecule has 104 valence electrons. The van der Waals surface area contributed by atoms with Gasteiger partial charge in [0.15, 0.2) is 9.37 Å². The summed E-state index contributed by atoms with van der Waals surface area (Å²) in [7, 11) is 0. The lowest BCUT2D eigenvalue weighted by molar-refractivity contribution is -0.388. The SMILES string of the molecule is Cc1ccc([N+](=O)[O-])c(Sc2nc(C)c(C(=O)O)s2)n1. The van der Waals surface area contributed by atoms with Crippen LogP contribution in [0.3, 0.4) is 0 Å². The first-order chi connectivity index (χ1) is 9.38. The summed E-state index contributed by atoms with van der Waals surface area (Å²) in [6.45, 7) is 3.31. The van der Waals surface area contributed by atoms with Crippen LogP contribution in [0.4, 0.5) is 5.69 Å². The number of hydrogen-bond donors (Lipinski definition) is 1. The normalized spacial score (nSPS) is 10.5. The van der Waals surface area contributed by atoms with Crippen LogP contribution in [0.2, 0.25) is 0 Å². The Morgan fingerprint density at radius 1 is 1.40 bits per heavy atom. The van der Waals surface area contributed by atoms with Crippen molar-refractivity contribution in [3.8, 4) is 0 Å². The van der Waals surface area contributed by atoms with E-state index in [1.54, 1.807) is 19.9 Å². The number of carbonyl (C=O) groups is 1. The second-order valence-electron chi connectivity index (χ2n) is 3.84. The van der Waals surface area contributed by atoms with Crippen LogP contribution in [0.15, 0.2) is 21.5 Å². The maximum atomic E-state index is 11.0. The number of nitro groups is 1. The second kappa shape index (κ2) is 5.55. The number of aromatic carboxylic acids is 1. The Morgan fingerprint density at radius 2 is 2.10 bits per heavy atom. The number of rotatable bonds is 4. The van der Waals surface area contributed by atoms with E-state index in [1.807, 2.05) is 0 Å². The number of aryl methyl sites for hydroxylation is 2. The van der Waals surface area contributed by atoms with Gasteiger partial charge < -0.3 is 5.11 Å². The van der Waals surface area contributed by atoms with Gasteiger partial charge in [0.05, 0.1) is 10.6 Å². The van der Waals surface area contributed by atoms with Gasteiger partial charge in [-0.2, -0.15) is 0 Å². The van der Waals surface area contributed by atoms with Crippen LogP contribution >= 0.6 is 23.1 Å². The third-order valence-corrected chi connectivity index (χ3v) is 4.53. The monoisotopic (exact) mass is 311 g/mol. The van der Waals surface area contributed by atoms with Crippen molar-refractivity contribution in [2.75, 3.05) is 0 Å². The van der Waals surface area contributed by atoms with Crippen molar-refractivity contribution in [3.05, 3.63) is 38.5 Å². The number of carboxylic acid groups (broad SMARTS) is 1. The minimum absolute atomic E-state index is 0.120. The van der Waals surface area contributed by atoms with Gasteiger partial charge in [0, 0.05) is 11.8 Å². The van der Waals surface area contributed by atoms with Gasteiger partial charge in [0.25, 0.3) is 0 Å². The molecule has 0 aliphatic heterocycles. The predicted octanol–water partition coefficient (Wildman–Crippen LogP) is 2.91. The summed E-state index contributed by atoms with van der Waals surface area (Å²) in [5.74, 6) is -1.06. The molecule has 0 saturated carbocycles. The van der Waals surface area contributed by atoms with Crippen LogP contribution in [0, 0.1) is 24.0 Å². The van der Waals surface area contributed by atoms with Gasteiger partial charge in [-0.1, -0.05) is 11.3 Å². The Hall–Kier alpha value is -2.00. The molecule has 0 bridgehead atoms. The summed E-state index contributed by atoms with van der Waals surface area (Å²) < 4.78 is 0.418. The van der Waals surface area contributed by atoms with Crippen LogP contribution in [0.25, 0.3) is 0 Å². The van der Waals surface area contributed by atoms with Crippen LogP contribution in [-0.4, -0.2) is 26.0 Å². The number of thiazole rings is 1. The van der Waals surface area contributed by atoms with Crippen molar-refractivity contribution in [3.63, 3.8) is 0 Å². The van der Waals surface area contributed by atoms with Crippen molar-refractivity contribution in [1.82, 2.24) is 9.97 Å². The average Bonchev–Trinajstić information content (AvgIpc) is 2.70. The number of pyridine rings is 1. The molecule has 2 aromatic rings. The number of carboxylic acids is 1. The van der Waals surface area contributed by atoms with Crippen molar-refractivity contribution in [2.24, 2.45) is 0 Å². The van der Waals surface area contributed by atoms with Gasteiger partial charge in [0.2, 0.25) is 0 Å². The van der Waals surface area contributed by atoms with E-state index < -0.39 is 10.9 Å². The van der Waals surface area contributed by atoms with E-state index >= 15 is 0 Å². The Kier molecular flexibility index (Phi) is 4.00. The highest BCUT2D eigenvalue weighted by atomic mass is 32.2. The molecule has 2 heterocycles. The van der Waals surface area contributed by atoms with Gasteiger partial charge in [-0.05, 0) is 31.7 Å².